The lowest BCUT2D eigenvalue weighted by Crippen LogP contribution is -2.36. The topological polar surface area (TPSA) is 40.8 Å². The van der Waals surface area contributed by atoms with Crippen LogP contribution in [0.2, 0.25) is 0 Å². The molecule has 0 spiro atoms. The van der Waals surface area contributed by atoms with E-state index in [2.05, 4.69) is 39.5 Å². The molecule has 1 aliphatic rings. The first-order valence-electron chi connectivity index (χ1n) is 7.02. The van der Waals surface area contributed by atoms with E-state index in [1.165, 1.54) is 17.7 Å². The fourth-order valence-corrected chi connectivity index (χ4v) is 2.92. The van der Waals surface area contributed by atoms with Crippen molar-refractivity contribution in [3.05, 3.63) is 35.8 Å². The molecule has 0 aromatic carbocycles. The summed E-state index contributed by atoms with van der Waals surface area (Å²) in [6.45, 7) is 5.43. The number of rotatable bonds is 3. The fraction of sp³-hybridized carbons (Fsp3) is 0.533. The van der Waals surface area contributed by atoms with Crippen molar-refractivity contribution < 1.29 is 5.11 Å². The van der Waals surface area contributed by atoms with E-state index in [4.69, 9.17) is 0 Å². The van der Waals surface area contributed by atoms with E-state index in [9.17, 15) is 5.11 Å². The molecule has 19 heavy (non-hydrogen) atoms. The van der Waals surface area contributed by atoms with E-state index >= 15 is 0 Å². The van der Waals surface area contributed by atoms with Crippen molar-refractivity contribution in [3.8, 4) is 0 Å². The number of aromatic nitrogens is 2. The van der Waals surface area contributed by atoms with Crippen LogP contribution >= 0.6 is 0 Å². The van der Waals surface area contributed by atoms with Gasteiger partial charge in [0.25, 0.3) is 0 Å². The minimum atomic E-state index is 0.308. The van der Waals surface area contributed by atoms with Crippen molar-refractivity contribution >= 4 is 5.65 Å². The van der Waals surface area contributed by atoms with Crippen molar-refractivity contribution in [2.75, 3.05) is 19.7 Å². The van der Waals surface area contributed by atoms with Gasteiger partial charge in [-0.2, -0.15) is 0 Å². The Balaban J connectivity index is 1.77. The van der Waals surface area contributed by atoms with Gasteiger partial charge in [-0.1, -0.05) is 0 Å². The summed E-state index contributed by atoms with van der Waals surface area (Å²) in [4.78, 5) is 6.90. The van der Waals surface area contributed by atoms with Crippen LogP contribution in [0.1, 0.15) is 24.1 Å². The number of aliphatic hydroxyl groups excluding tert-OH is 1. The highest BCUT2D eigenvalue weighted by Crippen LogP contribution is 2.18. The van der Waals surface area contributed by atoms with Gasteiger partial charge in [0.05, 0.1) is 11.9 Å². The van der Waals surface area contributed by atoms with Crippen LogP contribution in [0.5, 0.6) is 0 Å². The summed E-state index contributed by atoms with van der Waals surface area (Å²) in [5, 5.41) is 9.29. The molecular weight excluding hydrogens is 238 g/mol. The van der Waals surface area contributed by atoms with Crippen LogP contribution in [0.15, 0.2) is 24.5 Å². The van der Waals surface area contributed by atoms with E-state index in [-0.39, 0.29) is 0 Å². The Morgan fingerprint density at radius 3 is 3.21 bits per heavy atom. The van der Waals surface area contributed by atoms with Crippen molar-refractivity contribution in [1.29, 1.82) is 0 Å². The Labute approximate surface area is 113 Å². The summed E-state index contributed by atoms with van der Waals surface area (Å²) in [6, 6.07) is 4.22. The van der Waals surface area contributed by atoms with Crippen LogP contribution in [-0.4, -0.2) is 39.1 Å². The number of imidazole rings is 1. The maximum absolute atomic E-state index is 9.29. The summed E-state index contributed by atoms with van der Waals surface area (Å²) in [5.41, 5.74) is 3.49. The zero-order valence-corrected chi connectivity index (χ0v) is 11.4. The lowest BCUT2D eigenvalue weighted by Gasteiger charge is -2.31. The molecule has 1 fully saturated rings. The Kier molecular flexibility index (Phi) is 3.53. The quantitative estimate of drug-likeness (QED) is 0.914. The van der Waals surface area contributed by atoms with E-state index in [1.54, 1.807) is 0 Å². The molecule has 0 radical (unpaired) electrons. The summed E-state index contributed by atoms with van der Waals surface area (Å²) >= 11 is 0. The molecular formula is C15H21N3O. The summed E-state index contributed by atoms with van der Waals surface area (Å²) < 4.78 is 2.16. The zero-order chi connectivity index (χ0) is 13.2. The molecule has 3 heterocycles. The third kappa shape index (κ3) is 2.65. The fourth-order valence-electron chi connectivity index (χ4n) is 2.92. The number of piperidine rings is 1. The van der Waals surface area contributed by atoms with Crippen LogP contribution in [0.4, 0.5) is 0 Å². The number of pyridine rings is 1. The maximum atomic E-state index is 9.29. The molecule has 0 amide bonds. The van der Waals surface area contributed by atoms with Gasteiger partial charge in [0.15, 0.2) is 0 Å². The Hall–Kier alpha value is -1.39. The van der Waals surface area contributed by atoms with Crippen LogP contribution in [0.25, 0.3) is 5.65 Å². The van der Waals surface area contributed by atoms with Crippen LogP contribution in [-0.2, 0) is 6.54 Å². The number of nitrogens with zero attached hydrogens (tertiary/aromatic N) is 3. The Morgan fingerprint density at radius 1 is 1.47 bits per heavy atom. The van der Waals surface area contributed by atoms with E-state index in [0.717, 1.165) is 31.7 Å². The van der Waals surface area contributed by atoms with E-state index in [1.807, 2.05) is 6.20 Å². The highest BCUT2D eigenvalue weighted by atomic mass is 16.3. The monoisotopic (exact) mass is 259 g/mol. The van der Waals surface area contributed by atoms with Gasteiger partial charge in [-0.15, -0.1) is 0 Å². The average molecular weight is 259 g/mol. The van der Waals surface area contributed by atoms with E-state index in [0.29, 0.717) is 12.5 Å². The van der Waals surface area contributed by atoms with Gasteiger partial charge < -0.3 is 9.51 Å². The first-order valence-corrected chi connectivity index (χ1v) is 7.02. The van der Waals surface area contributed by atoms with Crippen molar-refractivity contribution in [1.82, 2.24) is 14.3 Å². The van der Waals surface area contributed by atoms with Crippen LogP contribution in [0.3, 0.4) is 0 Å². The lowest BCUT2D eigenvalue weighted by atomic mass is 9.99. The van der Waals surface area contributed by atoms with Gasteiger partial charge in [-0.05, 0) is 49.9 Å². The molecule has 1 aliphatic heterocycles. The Bertz CT molecular complexity index is 564. The van der Waals surface area contributed by atoms with E-state index < -0.39 is 0 Å². The molecule has 1 saturated heterocycles. The maximum Gasteiger partial charge on any atom is 0.137 e. The van der Waals surface area contributed by atoms with Gasteiger partial charge >= 0.3 is 0 Å². The predicted octanol–water partition coefficient (Wildman–Crippen LogP) is 1.85. The second kappa shape index (κ2) is 5.31. The van der Waals surface area contributed by atoms with Crippen LogP contribution < -0.4 is 0 Å². The molecule has 0 aliphatic carbocycles. The SMILES string of the molecule is Cc1ccn2c(CN3CCCC(CO)C3)cnc2c1. The number of hydrogen-bond donors (Lipinski definition) is 1. The molecule has 1 unspecified atom stereocenters. The highest BCUT2D eigenvalue weighted by Gasteiger charge is 2.20. The molecule has 3 rings (SSSR count). The summed E-state index contributed by atoms with van der Waals surface area (Å²) in [6.07, 6.45) is 6.40. The smallest absolute Gasteiger partial charge is 0.137 e. The van der Waals surface area contributed by atoms with Gasteiger partial charge in [0.2, 0.25) is 0 Å². The first-order chi connectivity index (χ1) is 9.26. The zero-order valence-electron chi connectivity index (χ0n) is 11.4. The standard InChI is InChI=1S/C15H21N3O/c1-12-4-6-18-14(8-16-15(18)7-12)10-17-5-2-3-13(9-17)11-19/h4,6-8,13,19H,2-3,5,9-11H2,1H3. The second-order valence-corrected chi connectivity index (χ2v) is 5.61. The minimum absolute atomic E-state index is 0.308. The minimum Gasteiger partial charge on any atom is -0.396 e. The molecule has 1 atom stereocenters. The third-order valence-corrected chi connectivity index (χ3v) is 3.99. The van der Waals surface area contributed by atoms with Crippen molar-refractivity contribution in [2.24, 2.45) is 5.92 Å². The highest BCUT2D eigenvalue weighted by molar-refractivity contribution is 5.42. The number of aliphatic hydroxyl groups is 1. The molecule has 4 heteroatoms. The molecule has 0 saturated carbocycles. The molecule has 2 aromatic rings. The van der Waals surface area contributed by atoms with Gasteiger partial charge in [-0.3, -0.25) is 4.90 Å². The number of hydrogen-bond acceptors (Lipinski definition) is 3. The normalized spacial score (nSPS) is 21.1. The number of likely N-dealkylation sites (tertiary alicyclic amines) is 1. The van der Waals surface area contributed by atoms with Gasteiger partial charge in [0.1, 0.15) is 5.65 Å². The summed E-state index contributed by atoms with van der Waals surface area (Å²) in [7, 11) is 0. The van der Waals surface area contributed by atoms with Crippen molar-refractivity contribution in [2.45, 2.75) is 26.3 Å². The largest absolute Gasteiger partial charge is 0.396 e. The van der Waals surface area contributed by atoms with Gasteiger partial charge in [-0.25, -0.2) is 4.98 Å². The second-order valence-electron chi connectivity index (χ2n) is 5.61. The third-order valence-electron chi connectivity index (χ3n) is 3.99. The van der Waals surface area contributed by atoms with Crippen molar-refractivity contribution in [3.63, 3.8) is 0 Å². The number of fused-ring (bicyclic) bond motifs is 1. The molecule has 0 bridgehead atoms. The molecule has 4 nitrogen and oxygen atoms in total. The summed E-state index contributed by atoms with van der Waals surface area (Å²) in [5.74, 6) is 0.440. The Morgan fingerprint density at radius 2 is 2.37 bits per heavy atom. The van der Waals surface area contributed by atoms with Gasteiger partial charge in [0, 0.05) is 25.9 Å². The molecule has 102 valence electrons. The lowest BCUT2D eigenvalue weighted by molar-refractivity contribution is 0.115. The average Bonchev–Trinajstić information content (AvgIpc) is 2.81. The predicted molar refractivity (Wildman–Crippen MR) is 75.0 cm³/mol. The van der Waals surface area contributed by atoms with Crippen LogP contribution in [0, 0.1) is 12.8 Å². The number of aryl methyl sites for hydroxylation is 1. The molecule has 1 N–H and O–H groups in total. The molecule has 2 aromatic heterocycles. The first kappa shape index (κ1) is 12.6.